The molecule has 0 aromatic carbocycles. The van der Waals surface area contributed by atoms with Gasteiger partial charge in [-0.1, -0.05) is 17.7 Å². The van der Waals surface area contributed by atoms with Crippen LogP contribution in [0.4, 0.5) is 0 Å². The average molecular weight is 144 g/mol. The maximum atomic E-state index is 5.28. The van der Waals surface area contributed by atoms with Crippen molar-refractivity contribution in [1.29, 1.82) is 0 Å². The summed E-state index contributed by atoms with van der Waals surface area (Å²) in [5, 5.41) is 3.85. The van der Waals surface area contributed by atoms with Crippen molar-refractivity contribution < 1.29 is 0 Å². The maximum Gasteiger partial charge on any atom is 0.137 e. The van der Waals surface area contributed by atoms with Gasteiger partial charge in [0.25, 0.3) is 0 Å². The first kappa shape index (κ1) is 6.29. The molecule has 48 valence electrons. The summed E-state index contributed by atoms with van der Waals surface area (Å²) < 4.78 is 1.68. The van der Waals surface area contributed by atoms with Crippen LogP contribution in [-0.2, 0) is 6.54 Å². The zero-order valence-corrected chi connectivity index (χ0v) is 5.49. The van der Waals surface area contributed by atoms with Crippen molar-refractivity contribution in [1.82, 2.24) is 14.8 Å². The molecule has 0 aliphatic carbocycles. The smallest absolute Gasteiger partial charge is 0.137 e. The molecule has 0 spiro atoms. The van der Waals surface area contributed by atoms with Gasteiger partial charge in [0.15, 0.2) is 0 Å². The SMILES string of the molecule is ClC=CCn1cncn1. The number of rotatable bonds is 2. The molecule has 0 N–H and O–H groups in total. The number of allylic oxidation sites excluding steroid dienone is 1. The van der Waals surface area contributed by atoms with E-state index in [-0.39, 0.29) is 0 Å². The maximum absolute atomic E-state index is 5.28. The second-order valence-electron chi connectivity index (χ2n) is 1.48. The molecule has 1 aromatic heterocycles. The van der Waals surface area contributed by atoms with E-state index in [2.05, 4.69) is 10.1 Å². The van der Waals surface area contributed by atoms with E-state index in [0.29, 0.717) is 6.54 Å². The van der Waals surface area contributed by atoms with E-state index in [1.807, 2.05) is 0 Å². The Labute approximate surface area is 58.0 Å². The summed E-state index contributed by atoms with van der Waals surface area (Å²) >= 11 is 5.28. The fraction of sp³-hybridized carbons (Fsp3) is 0.200. The molecule has 4 heteroatoms. The molecule has 0 amide bonds. The Morgan fingerprint density at radius 3 is 3.11 bits per heavy atom. The van der Waals surface area contributed by atoms with E-state index in [4.69, 9.17) is 11.6 Å². The van der Waals surface area contributed by atoms with Gasteiger partial charge in [-0.2, -0.15) is 5.10 Å². The van der Waals surface area contributed by atoms with E-state index >= 15 is 0 Å². The van der Waals surface area contributed by atoms with Crippen LogP contribution < -0.4 is 0 Å². The Balaban J connectivity index is 2.48. The highest BCUT2D eigenvalue weighted by Crippen LogP contribution is 1.83. The Bertz CT molecular complexity index is 180. The molecular formula is C5H6ClN3. The third-order valence-corrected chi connectivity index (χ3v) is 1.03. The van der Waals surface area contributed by atoms with Crippen molar-refractivity contribution in [3.8, 4) is 0 Å². The Hall–Kier alpha value is -0.830. The lowest BCUT2D eigenvalue weighted by molar-refractivity contribution is 0.700. The lowest BCUT2D eigenvalue weighted by atomic mass is 10.6. The highest BCUT2D eigenvalue weighted by Gasteiger charge is 1.82. The largest absolute Gasteiger partial charge is 0.249 e. The highest BCUT2D eigenvalue weighted by molar-refractivity contribution is 6.25. The van der Waals surface area contributed by atoms with Crippen molar-refractivity contribution >= 4 is 11.6 Å². The summed E-state index contributed by atoms with van der Waals surface area (Å²) in [4.78, 5) is 3.75. The van der Waals surface area contributed by atoms with Gasteiger partial charge >= 0.3 is 0 Å². The quantitative estimate of drug-likeness (QED) is 0.619. The predicted molar refractivity (Wildman–Crippen MR) is 35.0 cm³/mol. The summed E-state index contributed by atoms with van der Waals surface area (Å²) in [7, 11) is 0. The van der Waals surface area contributed by atoms with Crippen molar-refractivity contribution in [2.24, 2.45) is 0 Å². The highest BCUT2D eigenvalue weighted by atomic mass is 35.5. The van der Waals surface area contributed by atoms with Crippen molar-refractivity contribution in [3.63, 3.8) is 0 Å². The Kier molecular flexibility index (Phi) is 2.27. The van der Waals surface area contributed by atoms with Gasteiger partial charge in [0.2, 0.25) is 0 Å². The van der Waals surface area contributed by atoms with Crippen LogP contribution in [0.15, 0.2) is 24.3 Å². The summed E-state index contributed by atoms with van der Waals surface area (Å²) in [5.74, 6) is 0. The number of nitrogens with zero attached hydrogens (tertiary/aromatic N) is 3. The third kappa shape index (κ3) is 1.85. The lowest BCUT2D eigenvalue weighted by Gasteiger charge is -1.88. The van der Waals surface area contributed by atoms with E-state index < -0.39 is 0 Å². The van der Waals surface area contributed by atoms with Gasteiger partial charge in [-0.15, -0.1) is 0 Å². The summed E-state index contributed by atoms with van der Waals surface area (Å²) in [6.45, 7) is 0.684. The van der Waals surface area contributed by atoms with E-state index in [9.17, 15) is 0 Å². The predicted octanol–water partition coefficient (Wildman–Crippen LogP) is 1.03. The van der Waals surface area contributed by atoms with E-state index in [1.54, 1.807) is 17.1 Å². The molecule has 0 aliphatic heterocycles. The third-order valence-electron chi connectivity index (χ3n) is 0.848. The van der Waals surface area contributed by atoms with Gasteiger partial charge in [0, 0.05) is 5.54 Å². The number of hydrogen-bond donors (Lipinski definition) is 0. The average Bonchev–Trinajstić information content (AvgIpc) is 2.34. The molecule has 9 heavy (non-hydrogen) atoms. The molecule has 0 bridgehead atoms. The number of halogens is 1. The van der Waals surface area contributed by atoms with Gasteiger partial charge < -0.3 is 0 Å². The fourth-order valence-electron chi connectivity index (χ4n) is 0.475. The topological polar surface area (TPSA) is 30.7 Å². The van der Waals surface area contributed by atoms with Crippen LogP contribution >= 0.6 is 11.6 Å². The molecule has 0 fully saturated rings. The van der Waals surface area contributed by atoms with Crippen LogP contribution in [0.5, 0.6) is 0 Å². The second kappa shape index (κ2) is 3.25. The molecule has 1 heterocycles. The fourth-order valence-corrected chi connectivity index (χ4v) is 0.555. The lowest BCUT2D eigenvalue weighted by Crippen LogP contribution is -1.93. The van der Waals surface area contributed by atoms with Gasteiger partial charge in [-0.05, 0) is 0 Å². The van der Waals surface area contributed by atoms with Crippen molar-refractivity contribution in [2.75, 3.05) is 0 Å². The summed E-state index contributed by atoms with van der Waals surface area (Å²) in [6.07, 6.45) is 4.91. The molecule has 0 saturated heterocycles. The summed E-state index contributed by atoms with van der Waals surface area (Å²) in [5.41, 5.74) is 1.46. The normalized spacial score (nSPS) is 10.8. The van der Waals surface area contributed by atoms with E-state index in [0.717, 1.165) is 0 Å². The summed E-state index contributed by atoms with van der Waals surface area (Å²) in [6, 6.07) is 0. The minimum absolute atomic E-state index is 0.684. The minimum atomic E-state index is 0.684. The zero-order valence-electron chi connectivity index (χ0n) is 4.74. The van der Waals surface area contributed by atoms with Crippen LogP contribution in [-0.4, -0.2) is 14.8 Å². The first-order valence-electron chi connectivity index (χ1n) is 2.51. The van der Waals surface area contributed by atoms with Gasteiger partial charge in [0.05, 0.1) is 6.54 Å². The zero-order chi connectivity index (χ0) is 6.53. The Morgan fingerprint density at radius 1 is 1.67 bits per heavy atom. The molecule has 1 aromatic rings. The standard InChI is InChI=1S/C5H6ClN3/c6-2-1-3-9-5-7-4-8-9/h1-2,4-5H,3H2. The van der Waals surface area contributed by atoms with Crippen LogP contribution in [0, 0.1) is 0 Å². The molecule has 3 nitrogen and oxygen atoms in total. The van der Waals surface area contributed by atoms with Crippen molar-refractivity contribution in [3.05, 3.63) is 24.3 Å². The van der Waals surface area contributed by atoms with E-state index in [1.165, 1.54) is 11.9 Å². The number of aromatic nitrogens is 3. The first-order valence-corrected chi connectivity index (χ1v) is 2.95. The van der Waals surface area contributed by atoms with Crippen molar-refractivity contribution in [2.45, 2.75) is 6.54 Å². The van der Waals surface area contributed by atoms with Crippen LogP contribution in [0.1, 0.15) is 0 Å². The molecule has 0 atom stereocenters. The molecule has 1 rings (SSSR count). The van der Waals surface area contributed by atoms with Crippen LogP contribution in [0.3, 0.4) is 0 Å². The van der Waals surface area contributed by atoms with Gasteiger partial charge in [0.1, 0.15) is 12.7 Å². The van der Waals surface area contributed by atoms with Crippen LogP contribution in [0.25, 0.3) is 0 Å². The van der Waals surface area contributed by atoms with Crippen LogP contribution in [0.2, 0.25) is 0 Å². The number of hydrogen-bond acceptors (Lipinski definition) is 2. The molecule has 0 saturated carbocycles. The monoisotopic (exact) mass is 143 g/mol. The minimum Gasteiger partial charge on any atom is -0.249 e. The Morgan fingerprint density at radius 2 is 2.56 bits per heavy atom. The second-order valence-corrected chi connectivity index (χ2v) is 1.73. The molecule has 0 unspecified atom stereocenters. The first-order chi connectivity index (χ1) is 4.43. The molecule has 0 radical (unpaired) electrons. The molecular weight excluding hydrogens is 138 g/mol. The molecule has 0 aliphatic rings. The van der Waals surface area contributed by atoms with Gasteiger partial charge in [-0.25, -0.2) is 9.67 Å². The van der Waals surface area contributed by atoms with Gasteiger partial charge in [-0.3, -0.25) is 0 Å².